The molecule has 0 atom stereocenters. The number of nitrogens with one attached hydrogen (secondary N) is 1. The molecule has 12 heavy (non-hydrogen) atoms. The molecule has 3 heteroatoms. The molecule has 0 amide bonds. The monoisotopic (exact) mass is 283 g/mol. The van der Waals surface area contributed by atoms with E-state index in [0.717, 1.165) is 10.5 Å². The van der Waals surface area contributed by atoms with Gasteiger partial charge in [-0.15, -0.1) is 0 Å². The maximum Gasteiger partial charge on any atom is 0.0480 e. The van der Waals surface area contributed by atoms with E-state index in [1.165, 1.54) is 32.2 Å². The Labute approximate surface area is 88.3 Å². The average molecular weight is 283 g/mol. The molecule has 0 aliphatic heterocycles. The predicted octanol–water partition coefficient (Wildman–Crippen LogP) is 1.77. The van der Waals surface area contributed by atoms with Crippen LogP contribution in [0.5, 0.6) is 0 Å². The van der Waals surface area contributed by atoms with Gasteiger partial charge in [0.05, 0.1) is 0 Å². The van der Waals surface area contributed by atoms with Gasteiger partial charge < -0.3 is 10.4 Å². The first kappa shape index (κ1) is 10.7. The van der Waals surface area contributed by atoms with Gasteiger partial charge in [0.2, 0.25) is 0 Å². The molecule has 72 valence electrons. The minimum absolute atomic E-state index is 0.395. The SMILES string of the molecule is OCC1CCC(CNCI)CC1. The highest BCUT2D eigenvalue weighted by molar-refractivity contribution is 14.1. The summed E-state index contributed by atoms with van der Waals surface area (Å²) in [6, 6.07) is 0. The number of halogens is 1. The Morgan fingerprint density at radius 3 is 2.25 bits per heavy atom. The lowest BCUT2D eigenvalue weighted by atomic mass is 9.82. The molecule has 1 saturated carbocycles. The van der Waals surface area contributed by atoms with Crippen LogP contribution in [0.1, 0.15) is 25.7 Å². The molecule has 1 aliphatic carbocycles. The van der Waals surface area contributed by atoms with Gasteiger partial charge in [0.1, 0.15) is 0 Å². The highest BCUT2D eigenvalue weighted by Crippen LogP contribution is 2.27. The molecule has 2 nitrogen and oxygen atoms in total. The van der Waals surface area contributed by atoms with Gasteiger partial charge in [0, 0.05) is 11.2 Å². The first-order valence-electron chi connectivity index (χ1n) is 4.74. The minimum Gasteiger partial charge on any atom is -0.396 e. The zero-order chi connectivity index (χ0) is 8.81. The van der Waals surface area contributed by atoms with Gasteiger partial charge in [0.15, 0.2) is 0 Å². The second-order valence-corrected chi connectivity index (χ2v) is 4.42. The van der Waals surface area contributed by atoms with Crippen molar-refractivity contribution in [2.24, 2.45) is 11.8 Å². The van der Waals surface area contributed by atoms with Gasteiger partial charge in [-0.1, -0.05) is 22.6 Å². The quantitative estimate of drug-likeness (QED) is 0.468. The van der Waals surface area contributed by atoms with E-state index in [1.807, 2.05) is 0 Å². The number of alkyl halides is 1. The van der Waals surface area contributed by atoms with Crippen LogP contribution < -0.4 is 5.32 Å². The summed E-state index contributed by atoms with van der Waals surface area (Å²) in [4.78, 5) is 0. The third-order valence-corrected chi connectivity index (χ3v) is 3.29. The van der Waals surface area contributed by atoms with E-state index in [1.54, 1.807) is 0 Å². The van der Waals surface area contributed by atoms with Gasteiger partial charge in [-0.05, 0) is 44.1 Å². The second-order valence-electron chi connectivity index (χ2n) is 3.66. The van der Waals surface area contributed by atoms with Crippen LogP contribution in [0.25, 0.3) is 0 Å². The van der Waals surface area contributed by atoms with E-state index in [0.29, 0.717) is 12.5 Å². The Hall–Kier alpha value is 0.650. The lowest BCUT2D eigenvalue weighted by molar-refractivity contribution is 0.167. The standard InChI is InChI=1S/C9H18INO/c10-7-11-5-8-1-3-9(6-12)4-2-8/h8-9,11-12H,1-7H2. The first-order chi connectivity index (χ1) is 5.86. The van der Waals surface area contributed by atoms with Gasteiger partial charge in [-0.25, -0.2) is 0 Å². The summed E-state index contributed by atoms with van der Waals surface area (Å²) in [7, 11) is 0. The summed E-state index contributed by atoms with van der Waals surface area (Å²) in [5.41, 5.74) is 0. The van der Waals surface area contributed by atoms with Crippen LogP contribution in [-0.4, -0.2) is 22.8 Å². The maximum absolute atomic E-state index is 8.94. The number of aliphatic hydroxyl groups is 1. The Balaban J connectivity index is 2.09. The fourth-order valence-electron chi connectivity index (χ4n) is 1.88. The lowest BCUT2D eigenvalue weighted by Crippen LogP contribution is -2.26. The Morgan fingerprint density at radius 2 is 1.75 bits per heavy atom. The third-order valence-electron chi connectivity index (χ3n) is 2.75. The smallest absolute Gasteiger partial charge is 0.0480 e. The van der Waals surface area contributed by atoms with E-state index in [9.17, 15) is 0 Å². The van der Waals surface area contributed by atoms with E-state index in [-0.39, 0.29) is 0 Å². The molecular formula is C9H18INO. The van der Waals surface area contributed by atoms with Gasteiger partial charge >= 0.3 is 0 Å². The van der Waals surface area contributed by atoms with Crippen molar-refractivity contribution in [1.29, 1.82) is 0 Å². The normalized spacial score (nSPS) is 30.5. The van der Waals surface area contributed by atoms with E-state index < -0.39 is 0 Å². The molecule has 0 heterocycles. The van der Waals surface area contributed by atoms with Crippen molar-refractivity contribution in [3.05, 3.63) is 0 Å². The Kier molecular flexibility index (Phi) is 5.50. The second kappa shape index (κ2) is 6.16. The Morgan fingerprint density at radius 1 is 1.17 bits per heavy atom. The molecule has 0 aromatic rings. The van der Waals surface area contributed by atoms with Crippen molar-refractivity contribution in [2.75, 3.05) is 17.7 Å². The molecule has 0 unspecified atom stereocenters. The van der Waals surface area contributed by atoms with Crippen molar-refractivity contribution < 1.29 is 5.11 Å². The van der Waals surface area contributed by atoms with Crippen molar-refractivity contribution in [3.63, 3.8) is 0 Å². The van der Waals surface area contributed by atoms with Crippen LogP contribution in [0, 0.1) is 11.8 Å². The molecule has 0 aromatic carbocycles. The van der Waals surface area contributed by atoms with E-state index in [4.69, 9.17) is 5.11 Å². The van der Waals surface area contributed by atoms with Crippen LogP contribution in [-0.2, 0) is 0 Å². The maximum atomic E-state index is 8.94. The first-order valence-corrected chi connectivity index (χ1v) is 6.27. The van der Waals surface area contributed by atoms with Gasteiger partial charge in [-0.3, -0.25) is 0 Å². The number of hydrogen-bond acceptors (Lipinski definition) is 2. The van der Waals surface area contributed by atoms with Crippen LogP contribution in [0.2, 0.25) is 0 Å². The minimum atomic E-state index is 0.395. The fourth-order valence-corrected chi connectivity index (χ4v) is 2.19. The third kappa shape index (κ3) is 3.58. The van der Waals surface area contributed by atoms with Crippen molar-refractivity contribution in [2.45, 2.75) is 25.7 Å². The summed E-state index contributed by atoms with van der Waals surface area (Å²) in [6.07, 6.45) is 5.05. The molecule has 1 fully saturated rings. The predicted molar refractivity (Wildman–Crippen MR) is 59.4 cm³/mol. The number of hydrogen-bond donors (Lipinski definition) is 2. The average Bonchev–Trinajstić information content (AvgIpc) is 2.15. The van der Waals surface area contributed by atoms with Crippen molar-refractivity contribution >= 4 is 22.6 Å². The highest BCUT2D eigenvalue weighted by atomic mass is 127. The summed E-state index contributed by atoms with van der Waals surface area (Å²) >= 11 is 2.34. The molecule has 0 saturated heterocycles. The van der Waals surface area contributed by atoms with Crippen LogP contribution in [0.15, 0.2) is 0 Å². The Bertz CT molecular complexity index is 113. The summed E-state index contributed by atoms with van der Waals surface area (Å²) in [5.74, 6) is 1.46. The van der Waals surface area contributed by atoms with Gasteiger partial charge in [-0.2, -0.15) is 0 Å². The van der Waals surface area contributed by atoms with E-state index in [2.05, 4.69) is 27.9 Å². The molecule has 1 aliphatic rings. The molecular weight excluding hydrogens is 265 g/mol. The van der Waals surface area contributed by atoms with Crippen LogP contribution in [0.3, 0.4) is 0 Å². The molecule has 0 aromatic heterocycles. The summed E-state index contributed by atoms with van der Waals surface area (Å²) in [6.45, 7) is 1.56. The highest BCUT2D eigenvalue weighted by Gasteiger charge is 2.19. The van der Waals surface area contributed by atoms with Crippen molar-refractivity contribution in [3.8, 4) is 0 Å². The van der Waals surface area contributed by atoms with Crippen LogP contribution >= 0.6 is 22.6 Å². The number of rotatable bonds is 4. The molecule has 2 N–H and O–H groups in total. The topological polar surface area (TPSA) is 32.3 Å². The summed E-state index contributed by atoms with van der Waals surface area (Å²) < 4.78 is 1.05. The summed E-state index contributed by atoms with van der Waals surface area (Å²) in [5, 5.41) is 12.3. The zero-order valence-corrected chi connectivity index (χ0v) is 9.59. The zero-order valence-electron chi connectivity index (χ0n) is 7.43. The molecule has 0 radical (unpaired) electrons. The molecule has 0 bridgehead atoms. The van der Waals surface area contributed by atoms with Gasteiger partial charge in [0.25, 0.3) is 0 Å². The van der Waals surface area contributed by atoms with Crippen LogP contribution in [0.4, 0.5) is 0 Å². The molecule has 1 rings (SSSR count). The lowest BCUT2D eigenvalue weighted by Gasteiger charge is -2.27. The van der Waals surface area contributed by atoms with E-state index >= 15 is 0 Å². The fraction of sp³-hybridized carbons (Fsp3) is 1.00. The molecule has 0 spiro atoms. The van der Waals surface area contributed by atoms with Crippen molar-refractivity contribution in [1.82, 2.24) is 5.32 Å². The number of aliphatic hydroxyl groups excluding tert-OH is 1. The largest absolute Gasteiger partial charge is 0.396 e.